The van der Waals surface area contributed by atoms with Gasteiger partial charge in [0, 0.05) is 6.08 Å². The Morgan fingerprint density at radius 1 is 1.53 bits per heavy atom. The summed E-state index contributed by atoms with van der Waals surface area (Å²) in [4.78, 5) is 12.5. The third-order valence-corrected chi connectivity index (χ3v) is 1.92. The fourth-order valence-corrected chi connectivity index (χ4v) is 1.13. The van der Waals surface area contributed by atoms with Crippen molar-refractivity contribution in [3.05, 3.63) is 34.9 Å². The number of ether oxygens (including phenoxy) is 1. The molecule has 0 aliphatic rings. The van der Waals surface area contributed by atoms with Crippen LogP contribution < -0.4 is 0 Å². The molecule has 1 N–H and O–H groups in total. The lowest BCUT2D eigenvalue weighted by atomic mass is 10.1. The molecule has 0 saturated carbocycles. The molecule has 0 radical (unpaired) electrons. The number of hydrogen-bond donors (Lipinski definition) is 1. The van der Waals surface area contributed by atoms with Gasteiger partial charge < -0.3 is 9.84 Å². The number of allylic oxidation sites excluding steroid dienone is 2. The fraction of sp³-hybridized carbons (Fsp3) is 0.364. The summed E-state index contributed by atoms with van der Waals surface area (Å²) in [6.45, 7) is 1.77. The molecule has 0 aromatic rings. The van der Waals surface area contributed by atoms with Gasteiger partial charge in [-0.15, -0.1) is 0 Å². The number of halogens is 1. The van der Waals surface area contributed by atoms with Gasteiger partial charge in [0.25, 0.3) is 0 Å². The molecular weight excluding hydrogens is 260 g/mol. The highest BCUT2D eigenvalue weighted by atomic mass is 79.9. The summed E-state index contributed by atoms with van der Waals surface area (Å²) >= 11 is 3.11. The Morgan fingerprint density at radius 3 is 2.73 bits per heavy atom. The Balaban J connectivity index is 4.11. The van der Waals surface area contributed by atoms with Crippen molar-refractivity contribution in [1.82, 2.24) is 0 Å². The molecule has 0 spiro atoms. The Bertz CT molecular complexity index is 280. The van der Waals surface area contributed by atoms with E-state index in [4.69, 9.17) is 0 Å². The number of esters is 1. The van der Waals surface area contributed by atoms with Gasteiger partial charge in [-0.2, -0.15) is 0 Å². The van der Waals surface area contributed by atoms with Gasteiger partial charge in [-0.25, -0.2) is 4.79 Å². The second-order valence-corrected chi connectivity index (χ2v) is 3.52. The SMILES string of the molecule is COC(=O)/C=C(\C)C[C@@H](O)/C=C/C=C/Br. The standard InChI is InChI=1S/C11H15BrO3/c1-9(8-11(14)15-2)7-10(13)5-3-4-6-12/h3-6,8,10,13H,7H2,1-2H3/b5-3+,6-4+,9-8+/t10-/m0/s1. The van der Waals surface area contributed by atoms with Crippen LogP contribution in [0.1, 0.15) is 13.3 Å². The third kappa shape index (κ3) is 8.15. The highest BCUT2D eigenvalue weighted by Crippen LogP contribution is 2.06. The predicted molar refractivity (Wildman–Crippen MR) is 63.6 cm³/mol. The molecule has 0 rings (SSSR count). The van der Waals surface area contributed by atoms with E-state index in [9.17, 15) is 9.90 Å². The van der Waals surface area contributed by atoms with Crippen molar-refractivity contribution in [3.63, 3.8) is 0 Å². The van der Waals surface area contributed by atoms with E-state index in [1.54, 1.807) is 30.1 Å². The van der Waals surface area contributed by atoms with Gasteiger partial charge in [0.2, 0.25) is 0 Å². The number of aliphatic hydroxyl groups is 1. The lowest BCUT2D eigenvalue weighted by Crippen LogP contribution is -2.04. The van der Waals surface area contributed by atoms with E-state index < -0.39 is 12.1 Å². The largest absolute Gasteiger partial charge is 0.466 e. The van der Waals surface area contributed by atoms with Gasteiger partial charge in [-0.3, -0.25) is 0 Å². The van der Waals surface area contributed by atoms with Crippen molar-refractivity contribution in [2.24, 2.45) is 0 Å². The Hall–Kier alpha value is -0.870. The molecule has 0 saturated heterocycles. The number of aliphatic hydroxyl groups excluding tert-OH is 1. The summed E-state index contributed by atoms with van der Waals surface area (Å²) in [5.41, 5.74) is 0.779. The summed E-state index contributed by atoms with van der Waals surface area (Å²) in [7, 11) is 1.32. The van der Waals surface area contributed by atoms with Crippen LogP contribution in [-0.2, 0) is 9.53 Å². The zero-order valence-corrected chi connectivity index (χ0v) is 10.4. The topological polar surface area (TPSA) is 46.5 Å². The molecule has 0 unspecified atom stereocenters. The molecule has 0 fully saturated rings. The minimum absolute atomic E-state index is 0.399. The molecular formula is C11H15BrO3. The van der Waals surface area contributed by atoms with E-state index >= 15 is 0 Å². The summed E-state index contributed by atoms with van der Waals surface area (Å²) in [6.07, 6.45) is 6.33. The van der Waals surface area contributed by atoms with Gasteiger partial charge in [0.1, 0.15) is 0 Å². The highest BCUT2D eigenvalue weighted by molar-refractivity contribution is 9.11. The average Bonchev–Trinajstić information content (AvgIpc) is 2.17. The first-order valence-electron chi connectivity index (χ1n) is 4.47. The molecule has 0 heterocycles. The summed E-state index contributed by atoms with van der Waals surface area (Å²) < 4.78 is 4.47. The predicted octanol–water partition coefficient (Wildman–Crippen LogP) is 2.32. The van der Waals surface area contributed by atoms with Crippen molar-refractivity contribution in [2.75, 3.05) is 7.11 Å². The first-order chi connectivity index (χ1) is 7.10. The molecule has 0 amide bonds. The van der Waals surface area contributed by atoms with Crippen molar-refractivity contribution >= 4 is 21.9 Å². The van der Waals surface area contributed by atoms with Crippen LogP contribution in [0, 0.1) is 0 Å². The van der Waals surface area contributed by atoms with Gasteiger partial charge in [0.05, 0.1) is 13.2 Å². The molecule has 0 aromatic heterocycles. The highest BCUT2D eigenvalue weighted by Gasteiger charge is 2.02. The molecule has 4 heteroatoms. The monoisotopic (exact) mass is 274 g/mol. The normalized spacial score (nSPS) is 14.8. The van der Waals surface area contributed by atoms with Crippen LogP contribution in [0.5, 0.6) is 0 Å². The quantitative estimate of drug-likeness (QED) is 0.476. The van der Waals surface area contributed by atoms with Crippen molar-refractivity contribution in [3.8, 4) is 0 Å². The first-order valence-corrected chi connectivity index (χ1v) is 5.38. The second kappa shape index (κ2) is 8.44. The van der Waals surface area contributed by atoms with Crippen LogP contribution >= 0.6 is 15.9 Å². The molecule has 0 aromatic carbocycles. The molecule has 1 atom stereocenters. The van der Waals surface area contributed by atoms with Crippen LogP contribution in [0.2, 0.25) is 0 Å². The molecule has 0 aliphatic carbocycles. The maximum Gasteiger partial charge on any atom is 0.330 e. The number of hydrogen-bond acceptors (Lipinski definition) is 3. The van der Waals surface area contributed by atoms with Crippen molar-refractivity contribution in [2.45, 2.75) is 19.4 Å². The smallest absolute Gasteiger partial charge is 0.330 e. The Labute approximate surface area is 98.3 Å². The van der Waals surface area contributed by atoms with Crippen LogP contribution in [0.15, 0.2) is 34.9 Å². The lowest BCUT2D eigenvalue weighted by Gasteiger charge is -2.04. The minimum Gasteiger partial charge on any atom is -0.466 e. The molecule has 0 bridgehead atoms. The summed E-state index contributed by atoms with van der Waals surface area (Å²) in [5.74, 6) is -0.399. The number of carbonyl (C=O) groups is 1. The van der Waals surface area contributed by atoms with Gasteiger partial charge in [0.15, 0.2) is 0 Å². The maximum absolute atomic E-state index is 10.8. The summed E-state index contributed by atoms with van der Waals surface area (Å²) in [6, 6.07) is 0. The second-order valence-electron chi connectivity index (χ2n) is 2.99. The number of rotatable bonds is 5. The van der Waals surface area contributed by atoms with Crippen LogP contribution in [-0.4, -0.2) is 24.3 Å². The number of methoxy groups -OCH3 is 1. The Kier molecular flexibility index (Phi) is 7.95. The third-order valence-electron chi connectivity index (χ3n) is 1.61. The van der Waals surface area contributed by atoms with Crippen molar-refractivity contribution in [1.29, 1.82) is 0 Å². The molecule has 0 aliphatic heterocycles. The average molecular weight is 275 g/mol. The molecule has 3 nitrogen and oxygen atoms in total. The lowest BCUT2D eigenvalue weighted by molar-refractivity contribution is -0.134. The zero-order chi connectivity index (χ0) is 11.7. The Morgan fingerprint density at radius 2 is 2.20 bits per heavy atom. The van der Waals surface area contributed by atoms with E-state index in [-0.39, 0.29) is 0 Å². The fourth-order valence-electron chi connectivity index (χ4n) is 0.951. The van der Waals surface area contributed by atoms with E-state index in [0.717, 1.165) is 5.57 Å². The van der Waals surface area contributed by atoms with E-state index in [1.165, 1.54) is 13.2 Å². The molecule has 84 valence electrons. The maximum atomic E-state index is 10.8. The first kappa shape index (κ1) is 14.1. The van der Waals surface area contributed by atoms with Gasteiger partial charge in [-0.1, -0.05) is 39.7 Å². The van der Waals surface area contributed by atoms with Crippen LogP contribution in [0.4, 0.5) is 0 Å². The van der Waals surface area contributed by atoms with Crippen molar-refractivity contribution < 1.29 is 14.6 Å². The number of carbonyl (C=O) groups excluding carboxylic acids is 1. The van der Waals surface area contributed by atoms with Gasteiger partial charge >= 0.3 is 5.97 Å². The van der Waals surface area contributed by atoms with Gasteiger partial charge in [-0.05, 0) is 18.3 Å². The van der Waals surface area contributed by atoms with Crippen LogP contribution in [0.25, 0.3) is 0 Å². The van der Waals surface area contributed by atoms with E-state index in [1.807, 2.05) is 0 Å². The van der Waals surface area contributed by atoms with E-state index in [0.29, 0.717) is 6.42 Å². The van der Waals surface area contributed by atoms with E-state index in [2.05, 4.69) is 20.7 Å². The van der Waals surface area contributed by atoms with Crippen LogP contribution in [0.3, 0.4) is 0 Å². The zero-order valence-electron chi connectivity index (χ0n) is 8.81. The summed E-state index contributed by atoms with van der Waals surface area (Å²) in [5, 5.41) is 9.50. The minimum atomic E-state index is -0.588. The molecule has 15 heavy (non-hydrogen) atoms.